The van der Waals surface area contributed by atoms with Gasteiger partial charge in [0.05, 0.1) is 0 Å². The second-order valence-corrected chi connectivity index (χ2v) is 7.27. The summed E-state index contributed by atoms with van der Waals surface area (Å²) in [5.74, 6) is 0.156. The van der Waals surface area contributed by atoms with E-state index < -0.39 is 0 Å². The zero-order chi connectivity index (χ0) is 17.1. The van der Waals surface area contributed by atoms with Gasteiger partial charge in [0.15, 0.2) is 20.9 Å². The van der Waals surface area contributed by atoms with E-state index in [0.29, 0.717) is 20.9 Å². The maximum atomic E-state index is 12.1. The molecule has 0 atom stereocenters. The summed E-state index contributed by atoms with van der Waals surface area (Å²) >= 11 is 6.36. The molecule has 0 radical (unpaired) electrons. The molecule has 0 bridgehead atoms. The molecule has 0 saturated heterocycles. The zero-order valence-electron chi connectivity index (χ0n) is 12.7. The lowest BCUT2D eigenvalue weighted by Gasteiger charge is -2.29. The van der Waals surface area contributed by atoms with E-state index in [4.69, 9.17) is 8.83 Å². The van der Waals surface area contributed by atoms with Crippen LogP contribution in [-0.4, -0.2) is 23.9 Å². The molecule has 2 aromatic heterocycles. The number of nitrogens with one attached hydrogen (secondary N) is 2. The summed E-state index contributed by atoms with van der Waals surface area (Å²) in [5.41, 5.74) is 0. The van der Waals surface area contributed by atoms with Crippen molar-refractivity contribution in [1.82, 2.24) is 10.6 Å². The highest BCUT2D eigenvalue weighted by molar-refractivity contribution is 9.10. The number of rotatable bonds is 4. The monoisotopic (exact) mass is 458 g/mol. The fraction of sp³-hybridized carbons (Fsp3) is 0.375. The first-order chi connectivity index (χ1) is 11.5. The second-order valence-electron chi connectivity index (χ2n) is 5.70. The predicted octanol–water partition coefficient (Wildman–Crippen LogP) is 3.87. The molecule has 3 rings (SSSR count). The van der Waals surface area contributed by atoms with Crippen LogP contribution in [0.4, 0.5) is 0 Å². The quantitative estimate of drug-likeness (QED) is 0.726. The van der Waals surface area contributed by atoms with Crippen LogP contribution in [0.3, 0.4) is 0 Å². The molecular weight excluding hydrogens is 444 g/mol. The third-order valence-electron chi connectivity index (χ3n) is 3.99. The van der Waals surface area contributed by atoms with E-state index in [1.807, 2.05) is 0 Å². The highest BCUT2D eigenvalue weighted by Crippen LogP contribution is 2.21. The molecule has 0 unspecified atom stereocenters. The Morgan fingerprint density at radius 1 is 0.792 bits per heavy atom. The molecule has 1 aliphatic carbocycles. The van der Waals surface area contributed by atoms with Crippen LogP contribution in [0.25, 0.3) is 0 Å². The predicted molar refractivity (Wildman–Crippen MR) is 93.8 cm³/mol. The standard InChI is InChI=1S/C16H16Br2N2O4/c17-13-7-5-11(23-13)15(21)19-9-1-2-10(4-3-9)20-16(22)12-6-8-14(18)24-12/h5-10H,1-4H2,(H,19,21)(H,20,22). The fourth-order valence-electron chi connectivity index (χ4n) is 2.77. The summed E-state index contributed by atoms with van der Waals surface area (Å²) in [6.07, 6.45) is 3.22. The minimum Gasteiger partial charge on any atom is -0.444 e. The lowest BCUT2D eigenvalue weighted by Crippen LogP contribution is -2.43. The van der Waals surface area contributed by atoms with Crippen molar-refractivity contribution in [3.63, 3.8) is 0 Å². The number of hydrogen-bond acceptors (Lipinski definition) is 4. The van der Waals surface area contributed by atoms with Crippen molar-refractivity contribution < 1.29 is 18.4 Å². The van der Waals surface area contributed by atoms with Crippen LogP contribution in [0, 0.1) is 0 Å². The van der Waals surface area contributed by atoms with Crippen LogP contribution in [0.2, 0.25) is 0 Å². The van der Waals surface area contributed by atoms with Gasteiger partial charge >= 0.3 is 0 Å². The van der Waals surface area contributed by atoms with Gasteiger partial charge in [-0.15, -0.1) is 0 Å². The van der Waals surface area contributed by atoms with Crippen LogP contribution in [0.5, 0.6) is 0 Å². The Morgan fingerprint density at radius 2 is 1.17 bits per heavy atom. The van der Waals surface area contributed by atoms with Crippen molar-refractivity contribution in [3.8, 4) is 0 Å². The first kappa shape index (κ1) is 17.3. The molecule has 24 heavy (non-hydrogen) atoms. The molecule has 2 heterocycles. The lowest BCUT2D eigenvalue weighted by molar-refractivity contribution is 0.0863. The largest absolute Gasteiger partial charge is 0.444 e. The Morgan fingerprint density at radius 3 is 1.46 bits per heavy atom. The molecule has 0 spiro atoms. The van der Waals surface area contributed by atoms with Crippen molar-refractivity contribution in [3.05, 3.63) is 45.1 Å². The van der Waals surface area contributed by atoms with Gasteiger partial charge in [0, 0.05) is 12.1 Å². The number of halogens is 2. The third kappa shape index (κ3) is 4.30. The number of carbonyl (C=O) groups excluding carboxylic acids is 2. The van der Waals surface area contributed by atoms with Gasteiger partial charge in [-0.25, -0.2) is 0 Å². The van der Waals surface area contributed by atoms with E-state index in [2.05, 4.69) is 42.5 Å². The molecule has 6 nitrogen and oxygen atoms in total. The van der Waals surface area contributed by atoms with Crippen molar-refractivity contribution in [2.45, 2.75) is 37.8 Å². The fourth-order valence-corrected chi connectivity index (χ4v) is 3.38. The van der Waals surface area contributed by atoms with Crippen molar-refractivity contribution in [2.75, 3.05) is 0 Å². The number of furan rings is 2. The van der Waals surface area contributed by atoms with Gasteiger partial charge in [0.2, 0.25) is 0 Å². The maximum Gasteiger partial charge on any atom is 0.287 e. The topological polar surface area (TPSA) is 84.5 Å². The molecule has 2 amide bonds. The molecule has 2 aromatic rings. The van der Waals surface area contributed by atoms with Gasteiger partial charge in [0.1, 0.15) is 0 Å². The van der Waals surface area contributed by atoms with Gasteiger partial charge in [-0.2, -0.15) is 0 Å². The van der Waals surface area contributed by atoms with E-state index in [-0.39, 0.29) is 23.9 Å². The molecule has 8 heteroatoms. The second kappa shape index (κ2) is 7.57. The Kier molecular flexibility index (Phi) is 5.45. The summed E-state index contributed by atoms with van der Waals surface area (Å²) in [6.45, 7) is 0. The number of hydrogen-bond donors (Lipinski definition) is 2. The normalized spacial score (nSPS) is 20.6. The van der Waals surface area contributed by atoms with Gasteiger partial charge in [0.25, 0.3) is 11.8 Å². The Balaban J connectivity index is 1.45. The summed E-state index contributed by atoms with van der Waals surface area (Å²) in [6, 6.07) is 6.82. The average Bonchev–Trinajstić information content (AvgIpc) is 3.18. The van der Waals surface area contributed by atoms with E-state index >= 15 is 0 Å². The Bertz CT molecular complexity index is 670. The van der Waals surface area contributed by atoms with Gasteiger partial charge in [-0.05, 0) is 81.8 Å². The summed E-state index contributed by atoms with van der Waals surface area (Å²) in [7, 11) is 0. The summed E-state index contributed by atoms with van der Waals surface area (Å²) < 4.78 is 11.6. The van der Waals surface area contributed by atoms with Crippen molar-refractivity contribution in [2.24, 2.45) is 0 Å². The molecule has 0 aromatic carbocycles. The first-order valence-electron chi connectivity index (χ1n) is 7.63. The number of carbonyl (C=O) groups is 2. The summed E-state index contributed by atoms with van der Waals surface area (Å²) in [5, 5.41) is 5.93. The third-order valence-corrected chi connectivity index (χ3v) is 4.84. The zero-order valence-corrected chi connectivity index (χ0v) is 15.9. The SMILES string of the molecule is O=C(NC1CCC(NC(=O)c2ccc(Br)o2)CC1)c1ccc(Br)o1. The van der Waals surface area contributed by atoms with E-state index in [0.717, 1.165) is 25.7 Å². The minimum absolute atomic E-state index is 0.0901. The van der Waals surface area contributed by atoms with Crippen LogP contribution >= 0.6 is 31.9 Å². The molecule has 1 aliphatic rings. The lowest BCUT2D eigenvalue weighted by atomic mass is 9.91. The maximum absolute atomic E-state index is 12.1. The van der Waals surface area contributed by atoms with Crippen LogP contribution in [0.1, 0.15) is 46.8 Å². The van der Waals surface area contributed by atoms with Crippen LogP contribution < -0.4 is 10.6 Å². The highest BCUT2D eigenvalue weighted by Gasteiger charge is 2.25. The Hall–Kier alpha value is -1.54. The molecule has 128 valence electrons. The van der Waals surface area contributed by atoms with Crippen LogP contribution in [0.15, 0.2) is 42.4 Å². The Labute approximate surface area is 155 Å². The number of amides is 2. The van der Waals surface area contributed by atoms with Gasteiger partial charge < -0.3 is 19.5 Å². The van der Waals surface area contributed by atoms with Crippen LogP contribution in [-0.2, 0) is 0 Å². The van der Waals surface area contributed by atoms with E-state index in [1.54, 1.807) is 24.3 Å². The molecule has 1 fully saturated rings. The van der Waals surface area contributed by atoms with E-state index in [9.17, 15) is 9.59 Å². The summed E-state index contributed by atoms with van der Waals surface area (Å²) in [4.78, 5) is 24.1. The molecule has 2 N–H and O–H groups in total. The van der Waals surface area contributed by atoms with Gasteiger partial charge in [-0.1, -0.05) is 0 Å². The molecule has 1 saturated carbocycles. The van der Waals surface area contributed by atoms with Gasteiger partial charge in [-0.3, -0.25) is 9.59 Å². The van der Waals surface area contributed by atoms with Crippen molar-refractivity contribution >= 4 is 43.7 Å². The molecule has 0 aliphatic heterocycles. The highest BCUT2D eigenvalue weighted by atomic mass is 79.9. The van der Waals surface area contributed by atoms with E-state index in [1.165, 1.54) is 0 Å². The molecular formula is C16H16Br2N2O4. The average molecular weight is 460 g/mol. The minimum atomic E-state index is -0.214. The smallest absolute Gasteiger partial charge is 0.287 e. The first-order valence-corrected chi connectivity index (χ1v) is 9.22. The van der Waals surface area contributed by atoms with Crippen molar-refractivity contribution in [1.29, 1.82) is 0 Å².